The van der Waals surface area contributed by atoms with Crippen LogP contribution in [0.15, 0.2) is 34.9 Å². The first kappa shape index (κ1) is 10.6. The van der Waals surface area contributed by atoms with Crippen LogP contribution in [0.5, 0.6) is 0 Å². The van der Waals surface area contributed by atoms with Gasteiger partial charge in [-0.15, -0.1) is 0 Å². The molecule has 2 nitrogen and oxygen atoms in total. The summed E-state index contributed by atoms with van der Waals surface area (Å²) in [5, 5.41) is 0. The number of hydrogen-bond acceptors (Lipinski definition) is 2. The van der Waals surface area contributed by atoms with Gasteiger partial charge in [-0.3, -0.25) is 4.79 Å². The van der Waals surface area contributed by atoms with E-state index in [1.165, 1.54) is 24.5 Å². The van der Waals surface area contributed by atoms with Crippen LogP contribution in [0.1, 0.15) is 27.2 Å². The first-order valence-corrected chi connectivity index (χ1v) is 4.94. The molecule has 0 aliphatic rings. The molecule has 0 fully saturated rings. The summed E-state index contributed by atoms with van der Waals surface area (Å²) < 4.78 is 18.2. The zero-order valence-electron chi connectivity index (χ0n) is 9.08. The largest absolute Gasteiger partial charge is 0.461 e. The molecule has 0 unspecified atom stereocenters. The summed E-state index contributed by atoms with van der Waals surface area (Å²) >= 11 is 0. The maximum absolute atomic E-state index is 13.0. The van der Waals surface area contributed by atoms with Crippen molar-refractivity contribution in [1.29, 1.82) is 0 Å². The highest BCUT2D eigenvalue weighted by Gasteiger charge is 2.15. The normalized spacial score (nSPS) is 10.4. The quantitative estimate of drug-likeness (QED) is 0.724. The molecule has 2 aromatic rings. The molecule has 1 heterocycles. The van der Waals surface area contributed by atoms with Gasteiger partial charge in [-0.1, -0.05) is 0 Å². The van der Waals surface area contributed by atoms with Gasteiger partial charge in [-0.2, -0.15) is 0 Å². The number of carbonyl (C=O) groups excluding carboxylic acids is 1. The molecular weight excluding hydrogens is 207 g/mol. The van der Waals surface area contributed by atoms with E-state index >= 15 is 0 Å². The van der Waals surface area contributed by atoms with Crippen molar-refractivity contribution in [3.05, 3.63) is 58.8 Å². The van der Waals surface area contributed by atoms with Crippen molar-refractivity contribution in [1.82, 2.24) is 0 Å². The molecule has 0 saturated heterocycles. The number of hydrogen-bond donors (Lipinski definition) is 0. The van der Waals surface area contributed by atoms with E-state index in [1.54, 1.807) is 19.9 Å². The summed E-state index contributed by atoms with van der Waals surface area (Å²) in [6, 6.07) is 6.01. The van der Waals surface area contributed by atoms with E-state index in [2.05, 4.69) is 0 Å². The molecule has 0 saturated carbocycles. The molecule has 0 aliphatic carbocycles. The van der Waals surface area contributed by atoms with Crippen LogP contribution in [0.25, 0.3) is 0 Å². The number of aryl methyl sites for hydroxylation is 2. The monoisotopic (exact) mass is 218 g/mol. The third-order valence-electron chi connectivity index (χ3n) is 2.49. The lowest BCUT2D eigenvalue weighted by Gasteiger charge is -2.01. The zero-order chi connectivity index (χ0) is 11.7. The zero-order valence-corrected chi connectivity index (χ0v) is 9.08. The maximum Gasteiger partial charge on any atom is 0.228 e. The Hall–Kier alpha value is -1.90. The molecule has 3 heteroatoms. The Bertz CT molecular complexity index is 541. The third-order valence-corrected chi connectivity index (χ3v) is 2.49. The molecular formula is C13H11FO2. The van der Waals surface area contributed by atoms with Gasteiger partial charge in [0.1, 0.15) is 5.82 Å². The van der Waals surface area contributed by atoms with Gasteiger partial charge in [-0.25, -0.2) is 4.39 Å². The molecule has 1 aromatic heterocycles. The van der Waals surface area contributed by atoms with Crippen LogP contribution in [0.4, 0.5) is 4.39 Å². The van der Waals surface area contributed by atoms with Crippen LogP contribution in [0.3, 0.4) is 0 Å². The number of ketones is 1. The summed E-state index contributed by atoms with van der Waals surface area (Å²) in [7, 11) is 0. The van der Waals surface area contributed by atoms with Crippen molar-refractivity contribution in [3.63, 3.8) is 0 Å². The molecule has 0 aliphatic heterocycles. The van der Waals surface area contributed by atoms with E-state index in [1.807, 2.05) is 0 Å². The molecule has 82 valence electrons. The fourth-order valence-corrected chi connectivity index (χ4v) is 1.52. The summed E-state index contributed by atoms with van der Waals surface area (Å²) in [6.45, 7) is 3.42. The highest BCUT2D eigenvalue weighted by molar-refractivity contribution is 6.08. The van der Waals surface area contributed by atoms with Crippen LogP contribution in [-0.2, 0) is 0 Å². The molecule has 0 radical (unpaired) electrons. The number of furan rings is 1. The van der Waals surface area contributed by atoms with Crippen LogP contribution in [-0.4, -0.2) is 5.78 Å². The van der Waals surface area contributed by atoms with Crippen molar-refractivity contribution >= 4 is 5.78 Å². The molecule has 0 spiro atoms. The van der Waals surface area contributed by atoms with Crippen LogP contribution >= 0.6 is 0 Å². The Kier molecular flexibility index (Phi) is 2.60. The van der Waals surface area contributed by atoms with Crippen molar-refractivity contribution < 1.29 is 13.6 Å². The topological polar surface area (TPSA) is 30.2 Å². The third kappa shape index (κ3) is 1.76. The molecule has 0 bridgehead atoms. The molecule has 16 heavy (non-hydrogen) atoms. The predicted octanol–water partition coefficient (Wildman–Crippen LogP) is 3.27. The van der Waals surface area contributed by atoms with Crippen molar-refractivity contribution in [2.24, 2.45) is 0 Å². The first-order valence-electron chi connectivity index (χ1n) is 4.94. The Morgan fingerprint density at radius 3 is 2.50 bits per heavy atom. The van der Waals surface area contributed by atoms with Crippen LogP contribution in [0.2, 0.25) is 0 Å². The molecule has 0 amide bonds. The van der Waals surface area contributed by atoms with E-state index in [9.17, 15) is 9.18 Å². The first-order chi connectivity index (χ1) is 7.59. The number of rotatable bonds is 2. The summed E-state index contributed by atoms with van der Waals surface area (Å²) in [4.78, 5) is 12.0. The lowest BCUT2D eigenvalue weighted by Crippen LogP contribution is -2.02. The van der Waals surface area contributed by atoms with Gasteiger partial charge >= 0.3 is 0 Å². The number of benzene rings is 1. The van der Waals surface area contributed by atoms with Crippen LogP contribution < -0.4 is 0 Å². The maximum atomic E-state index is 13.0. The second kappa shape index (κ2) is 3.93. The van der Waals surface area contributed by atoms with Gasteiger partial charge in [-0.05, 0) is 49.2 Å². The van der Waals surface area contributed by atoms with Gasteiger partial charge in [0.05, 0.1) is 6.26 Å². The fraction of sp³-hybridized carbons (Fsp3) is 0.154. The van der Waals surface area contributed by atoms with Crippen molar-refractivity contribution in [3.8, 4) is 0 Å². The number of halogens is 1. The SMILES string of the molecule is Cc1cc(C(=O)c2occc2C)ccc1F. The second-order valence-electron chi connectivity index (χ2n) is 3.73. The van der Waals surface area contributed by atoms with E-state index in [0.717, 1.165) is 5.56 Å². The van der Waals surface area contributed by atoms with Crippen LogP contribution in [0, 0.1) is 19.7 Å². The minimum absolute atomic E-state index is 0.217. The smallest absolute Gasteiger partial charge is 0.228 e. The Morgan fingerprint density at radius 1 is 1.19 bits per heavy atom. The molecule has 0 N–H and O–H groups in total. The van der Waals surface area contributed by atoms with Gasteiger partial charge in [0.15, 0.2) is 5.76 Å². The van der Waals surface area contributed by atoms with Gasteiger partial charge in [0.25, 0.3) is 0 Å². The summed E-state index contributed by atoms with van der Waals surface area (Å²) in [5.41, 5.74) is 1.68. The minimum Gasteiger partial charge on any atom is -0.461 e. The molecule has 2 rings (SSSR count). The molecule has 0 atom stereocenters. The second-order valence-corrected chi connectivity index (χ2v) is 3.73. The highest BCUT2D eigenvalue weighted by Crippen LogP contribution is 2.17. The standard InChI is InChI=1S/C13H11FO2/c1-8-5-6-16-13(8)12(15)10-3-4-11(14)9(2)7-10/h3-7H,1-2H3. The molecule has 1 aromatic carbocycles. The lowest BCUT2D eigenvalue weighted by molar-refractivity contribution is 0.101. The predicted molar refractivity (Wildman–Crippen MR) is 58.0 cm³/mol. The van der Waals surface area contributed by atoms with Gasteiger partial charge in [0.2, 0.25) is 5.78 Å². The Labute approximate surface area is 92.7 Å². The summed E-state index contributed by atoms with van der Waals surface area (Å²) in [5.74, 6) is -0.218. The Morgan fingerprint density at radius 2 is 1.94 bits per heavy atom. The van der Waals surface area contributed by atoms with E-state index in [-0.39, 0.29) is 11.6 Å². The lowest BCUT2D eigenvalue weighted by atomic mass is 10.0. The average Bonchev–Trinajstić information content (AvgIpc) is 2.67. The number of carbonyl (C=O) groups is 1. The van der Waals surface area contributed by atoms with Gasteiger partial charge in [0, 0.05) is 5.56 Å². The van der Waals surface area contributed by atoms with E-state index < -0.39 is 0 Å². The fourth-order valence-electron chi connectivity index (χ4n) is 1.52. The highest BCUT2D eigenvalue weighted by atomic mass is 19.1. The minimum atomic E-state index is -0.312. The van der Waals surface area contributed by atoms with Gasteiger partial charge < -0.3 is 4.42 Å². The average molecular weight is 218 g/mol. The van der Waals surface area contributed by atoms with Crippen molar-refractivity contribution in [2.75, 3.05) is 0 Å². The van der Waals surface area contributed by atoms with E-state index in [0.29, 0.717) is 16.9 Å². The van der Waals surface area contributed by atoms with Crippen molar-refractivity contribution in [2.45, 2.75) is 13.8 Å². The summed E-state index contributed by atoms with van der Waals surface area (Å²) in [6.07, 6.45) is 1.47. The Balaban J connectivity index is 2.42. The van der Waals surface area contributed by atoms with E-state index in [4.69, 9.17) is 4.42 Å².